The number of phosphoric acid groups is 1. The fraction of sp³-hybridized carbons (Fsp3) is 0.480. The molecule has 1 fully saturated rings. The number of carbonyl (C=O) groups excluding carboxylic acids is 1. The number of carbonyl (C=O) groups is 1. The van der Waals surface area contributed by atoms with E-state index >= 15 is 0 Å². The fourth-order valence-corrected chi connectivity index (χ4v) is 5.94. The van der Waals surface area contributed by atoms with Crippen LogP contribution in [0.25, 0.3) is 6.08 Å². The zero-order valence-electron chi connectivity index (χ0n) is 21.7. The summed E-state index contributed by atoms with van der Waals surface area (Å²) in [6.45, 7) is 5.37. The van der Waals surface area contributed by atoms with Gasteiger partial charge in [-0.05, 0) is 35.9 Å². The van der Waals surface area contributed by atoms with Gasteiger partial charge in [-0.2, -0.15) is 0 Å². The summed E-state index contributed by atoms with van der Waals surface area (Å²) in [5, 5.41) is 0. The van der Waals surface area contributed by atoms with Gasteiger partial charge in [-0.1, -0.05) is 48.0 Å². The Hall–Kier alpha value is -2.54. The molecule has 0 radical (unpaired) electrons. The molecule has 1 saturated heterocycles. The van der Waals surface area contributed by atoms with E-state index in [0.29, 0.717) is 12.2 Å². The Bertz CT molecular complexity index is 1410. The molecule has 1 aromatic heterocycles. The Kier molecular flexibility index (Phi) is 9.30. The Morgan fingerprint density at radius 2 is 2.13 bits per heavy atom. The summed E-state index contributed by atoms with van der Waals surface area (Å²) in [6.07, 6.45) is 0.485. The normalized spacial score (nSPS) is 25.4. The number of esters is 1. The molecule has 3 heterocycles. The number of H-pyrrole nitrogens is 1. The molecule has 2 aliphatic heterocycles. The van der Waals surface area contributed by atoms with Gasteiger partial charge in [0.25, 0.3) is 5.56 Å². The Labute approximate surface area is 233 Å². The van der Waals surface area contributed by atoms with Crippen LogP contribution in [0.2, 0.25) is 0 Å². The van der Waals surface area contributed by atoms with E-state index < -0.39 is 49.5 Å². The first-order valence-corrected chi connectivity index (χ1v) is 14.8. The SMILES string of the molecule is Cc1cccc2c1OP(=O)(OC[C@H]1O[C@@H](n3cc(/C=C/Br)c(=O)[nH]c3=O)C[C@@H]1OC(=O)[C@@H](N)CC(C)C)OC2. The lowest BCUT2D eigenvalue weighted by Gasteiger charge is -2.27. The van der Waals surface area contributed by atoms with E-state index in [-0.39, 0.29) is 31.1 Å². The molecule has 4 rings (SSSR count). The van der Waals surface area contributed by atoms with Gasteiger partial charge >= 0.3 is 19.5 Å². The van der Waals surface area contributed by atoms with Gasteiger partial charge in [-0.3, -0.25) is 28.2 Å². The maximum Gasteiger partial charge on any atom is 0.530 e. The predicted molar refractivity (Wildman–Crippen MR) is 145 cm³/mol. The molecule has 14 heteroatoms. The molecule has 0 aliphatic carbocycles. The molecular weight excluding hydrogens is 597 g/mol. The second kappa shape index (κ2) is 12.3. The molecule has 5 atom stereocenters. The van der Waals surface area contributed by atoms with E-state index in [1.54, 1.807) is 6.07 Å². The molecule has 2 aromatic rings. The van der Waals surface area contributed by atoms with Crippen LogP contribution in [0.1, 0.15) is 49.6 Å². The molecule has 39 heavy (non-hydrogen) atoms. The van der Waals surface area contributed by atoms with Crippen LogP contribution >= 0.6 is 23.8 Å². The zero-order valence-corrected chi connectivity index (χ0v) is 24.2. The van der Waals surface area contributed by atoms with Crippen LogP contribution in [0.5, 0.6) is 5.75 Å². The van der Waals surface area contributed by atoms with Gasteiger partial charge < -0.3 is 19.7 Å². The number of aromatic amines is 1. The number of para-hydroxylation sites is 1. The molecule has 1 unspecified atom stereocenters. The van der Waals surface area contributed by atoms with Crippen LogP contribution in [0.3, 0.4) is 0 Å². The third kappa shape index (κ3) is 6.97. The topological polar surface area (TPSA) is 161 Å². The van der Waals surface area contributed by atoms with Crippen molar-refractivity contribution in [2.45, 2.75) is 64.7 Å². The first kappa shape index (κ1) is 29.4. The monoisotopic (exact) mass is 627 g/mol. The molecule has 212 valence electrons. The standard InChI is InChI=1S/C25H31BrN3O9P/c1-14(2)9-18(27)24(31)37-19-10-21(29-11-16(7-8-26)23(30)28-25(29)32)36-20(19)13-35-39(33)34-12-17-6-4-5-15(3)22(17)38-39/h4-8,11,14,18-21H,9-10,12-13,27H2,1-3H3,(H,28,30,32)/b8-7+/t18-,19-,20+,21+,39?/m0/s1. The minimum absolute atomic E-state index is 0.0293. The van der Waals surface area contributed by atoms with Crippen LogP contribution in [0.4, 0.5) is 0 Å². The van der Waals surface area contributed by atoms with Crippen molar-refractivity contribution >= 4 is 35.8 Å². The summed E-state index contributed by atoms with van der Waals surface area (Å²) < 4.78 is 42.8. The lowest BCUT2D eigenvalue weighted by molar-refractivity contribution is -0.155. The number of fused-ring (bicyclic) bond motifs is 1. The molecule has 0 bridgehead atoms. The molecule has 3 N–H and O–H groups in total. The quantitative estimate of drug-likeness (QED) is 0.311. The van der Waals surface area contributed by atoms with Crippen LogP contribution in [-0.2, 0) is 34.5 Å². The molecule has 2 aliphatic rings. The van der Waals surface area contributed by atoms with Gasteiger partial charge in [-0.15, -0.1) is 0 Å². The predicted octanol–water partition coefficient (Wildman–Crippen LogP) is 3.52. The van der Waals surface area contributed by atoms with Gasteiger partial charge in [0.05, 0.1) is 18.8 Å². The number of phosphoric ester groups is 1. The van der Waals surface area contributed by atoms with Crippen molar-refractivity contribution in [3.8, 4) is 5.75 Å². The van der Waals surface area contributed by atoms with Crippen molar-refractivity contribution in [2.75, 3.05) is 6.61 Å². The molecule has 0 saturated carbocycles. The summed E-state index contributed by atoms with van der Waals surface area (Å²) >= 11 is 3.11. The van der Waals surface area contributed by atoms with Gasteiger partial charge in [0.2, 0.25) is 0 Å². The summed E-state index contributed by atoms with van der Waals surface area (Å²) in [5.74, 6) is -0.0509. The van der Waals surface area contributed by atoms with Crippen molar-refractivity contribution in [3.05, 3.63) is 66.9 Å². The number of hydrogen-bond acceptors (Lipinski definition) is 10. The van der Waals surface area contributed by atoms with E-state index in [1.165, 1.54) is 21.8 Å². The highest BCUT2D eigenvalue weighted by Gasteiger charge is 2.43. The Morgan fingerprint density at radius 1 is 1.36 bits per heavy atom. The van der Waals surface area contributed by atoms with Crippen molar-refractivity contribution in [1.29, 1.82) is 0 Å². The van der Waals surface area contributed by atoms with E-state index in [0.717, 1.165) is 11.1 Å². The molecule has 0 spiro atoms. The van der Waals surface area contributed by atoms with Gasteiger partial charge in [0.15, 0.2) is 0 Å². The number of halogens is 1. The van der Waals surface area contributed by atoms with E-state index in [9.17, 15) is 18.9 Å². The maximum absolute atomic E-state index is 13.3. The summed E-state index contributed by atoms with van der Waals surface area (Å²) in [6, 6.07) is 4.59. The summed E-state index contributed by atoms with van der Waals surface area (Å²) in [7, 11) is -4.02. The number of benzene rings is 1. The van der Waals surface area contributed by atoms with Gasteiger partial charge in [0.1, 0.15) is 30.2 Å². The van der Waals surface area contributed by atoms with E-state index in [4.69, 9.17) is 28.8 Å². The number of nitrogens with two attached hydrogens (primary N) is 1. The smallest absolute Gasteiger partial charge is 0.458 e. The average molecular weight is 628 g/mol. The number of hydrogen-bond donors (Lipinski definition) is 2. The largest absolute Gasteiger partial charge is 0.530 e. The lowest BCUT2D eigenvalue weighted by atomic mass is 10.0. The Morgan fingerprint density at radius 3 is 2.85 bits per heavy atom. The molecular formula is C25H31BrN3O9P. The lowest BCUT2D eigenvalue weighted by Crippen LogP contribution is -2.39. The highest BCUT2D eigenvalue weighted by Crippen LogP contribution is 2.55. The van der Waals surface area contributed by atoms with E-state index in [1.807, 2.05) is 32.9 Å². The summed E-state index contributed by atoms with van der Waals surface area (Å²) in [4.78, 5) is 41.2. The Balaban J connectivity index is 1.55. The molecule has 12 nitrogen and oxygen atoms in total. The first-order valence-electron chi connectivity index (χ1n) is 12.4. The average Bonchev–Trinajstić information content (AvgIpc) is 3.27. The van der Waals surface area contributed by atoms with Gasteiger partial charge in [0, 0.05) is 18.2 Å². The second-order valence-electron chi connectivity index (χ2n) is 9.79. The number of nitrogens with one attached hydrogen (secondary N) is 1. The second-order valence-corrected chi connectivity index (χ2v) is 11.9. The minimum atomic E-state index is -4.02. The van der Waals surface area contributed by atoms with Crippen LogP contribution in [-0.4, -0.2) is 40.4 Å². The van der Waals surface area contributed by atoms with Crippen molar-refractivity contribution in [2.24, 2.45) is 11.7 Å². The number of nitrogens with zero attached hydrogens (tertiary/aromatic N) is 1. The zero-order chi connectivity index (χ0) is 28.3. The van der Waals surface area contributed by atoms with Crippen LogP contribution in [0, 0.1) is 12.8 Å². The number of aryl methyl sites for hydroxylation is 1. The van der Waals surface area contributed by atoms with E-state index in [2.05, 4.69) is 20.9 Å². The third-order valence-electron chi connectivity index (χ3n) is 6.30. The van der Waals surface area contributed by atoms with Crippen LogP contribution < -0.4 is 21.5 Å². The fourth-order valence-electron chi connectivity index (χ4n) is 4.36. The highest BCUT2D eigenvalue weighted by atomic mass is 79.9. The van der Waals surface area contributed by atoms with Crippen molar-refractivity contribution in [3.63, 3.8) is 0 Å². The number of ether oxygens (including phenoxy) is 2. The number of rotatable bonds is 9. The third-order valence-corrected chi connectivity index (χ3v) is 7.88. The van der Waals surface area contributed by atoms with Crippen molar-refractivity contribution < 1.29 is 32.4 Å². The first-order chi connectivity index (χ1) is 18.5. The van der Waals surface area contributed by atoms with Gasteiger partial charge in [-0.25, -0.2) is 9.36 Å². The van der Waals surface area contributed by atoms with Crippen molar-refractivity contribution in [1.82, 2.24) is 9.55 Å². The minimum Gasteiger partial charge on any atom is -0.458 e. The number of aromatic nitrogens is 2. The maximum atomic E-state index is 13.3. The van der Waals surface area contributed by atoms with Crippen LogP contribution in [0.15, 0.2) is 39.0 Å². The highest BCUT2D eigenvalue weighted by molar-refractivity contribution is 9.11. The molecule has 1 aromatic carbocycles. The molecule has 0 amide bonds. The summed E-state index contributed by atoms with van der Waals surface area (Å²) in [5.41, 5.74) is 6.43.